The molecule has 2 aromatic rings. The van der Waals surface area contributed by atoms with Crippen LogP contribution in [-0.4, -0.2) is 54.0 Å². The Kier molecular flexibility index (Phi) is 9.41. The summed E-state index contributed by atoms with van der Waals surface area (Å²) in [5, 5.41) is 15.7. The number of anilines is 2. The van der Waals surface area contributed by atoms with Crippen LogP contribution >= 0.6 is 11.6 Å². The highest BCUT2D eigenvalue weighted by Gasteiger charge is 2.28. The van der Waals surface area contributed by atoms with E-state index in [1.165, 1.54) is 11.9 Å². The number of hydrogen-bond acceptors (Lipinski definition) is 8. The van der Waals surface area contributed by atoms with Gasteiger partial charge >= 0.3 is 5.69 Å². The molecule has 0 saturated heterocycles. The zero-order valence-electron chi connectivity index (χ0n) is 19.0. The quantitative estimate of drug-likeness (QED) is 0.199. The molecule has 0 amide bonds. The van der Waals surface area contributed by atoms with E-state index in [4.69, 9.17) is 21.1 Å². The summed E-state index contributed by atoms with van der Waals surface area (Å²) in [7, 11) is 0. The molecule has 1 aromatic heterocycles. The minimum Gasteiger partial charge on any atom is -0.364 e. The van der Waals surface area contributed by atoms with Gasteiger partial charge in [0.05, 0.1) is 4.92 Å². The van der Waals surface area contributed by atoms with E-state index in [1.807, 2.05) is 43.0 Å². The minimum absolute atomic E-state index is 0.105. The molecule has 0 bridgehead atoms. The summed E-state index contributed by atoms with van der Waals surface area (Å²) in [5.74, 6) is 0.548. The molecule has 0 radical (unpaired) electrons. The molecule has 1 aliphatic heterocycles. The van der Waals surface area contributed by atoms with Crippen LogP contribution < -0.4 is 10.2 Å². The first-order valence-electron chi connectivity index (χ1n) is 11.2. The minimum atomic E-state index is -0.417. The van der Waals surface area contributed by atoms with Gasteiger partial charge in [-0.05, 0) is 50.0 Å². The van der Waals surface area contributed by atoms with Gasteiger partial charge in [0.1, 0.15) is 6.33 Å². The molecule has 0 saturated carbocycles. The molecular formula is C23H30ClN5O4. The van der Waals surface area contributed by atoms with Crippen molar-refractivity contribution in [2.45, 2.75) is 39.4 Å². The zero-order valence-corrected chi connectivity index (χ0v) is 19.8. The Morgan fingerprint density at radius 1 is 1.21 bits per heavy atom. The third-order valence-corrected chi connectivity index (χ3v) is 5.58. The summed E-state index contributed by atoms with van der Waals surface area (Å²) < 4.78 is 11.1. The Morgan fingerprint density at radius 2 is 1.94 bits per heavy atom. The monoisotopic (exact) mass is 475 g/mol. The van der Waals surface area contributed by atoms with Crippen molar-refractivity contribution in [2.24, 2.45) is 0 Å². The van der Waals surface area contributed by atoms with E-state index in [0.29, 0.717) is 50.1 Å². The SMILES string of the molecule is CCOC(CCCNc1ncnc(N2CC=C(c3ccc(Cl)cc3)CC2)c1[N+](=O)[O-])OCC. The van der Waals surface area contributed by atoms with Crippen LogP contribution in [0, 0.1) is 10.1 Å². The topological polar surface area (TPSA) is 103 Å². The summed E-state index contributed by atoms with van der Waals surface area (Å²) in [6, 6.07) is 7.70. The summed E-state index contributed by atoms with van der Waals surface area (Å²) in [6.07, 6.45) is 5.33. The van der Waals surface area contributed by atoms with Crippen LogP contribution in [0.15, 0.2) is 36.7 Å². The first-order chi connectivity index (χ1) is 16.0. The summed E-state index contributed by atoms with van der Waals surface area (Å²) in [6.45, 7) is 6.64. The fourth-order valence-electron chi connectivity index (χ4n) is 3.75. The molecule has 0 spiro atoms. The van der Waals surface area contributed by atoms with Crippen molar-refractivity contribution in [1.82, 2.24) is 9.97 Å². The second-order valence-electron chi connectivity index (χ2n) is 7.49. The lowest BCUT2D eigenvalue weighted by Crippen LogP contribution is -2.30. The first-order valence-corrected chi connectivity index (χ1v) is 11.6. The van der Waals surface area contributed by atoms with Gasteiger partial charge in [0.25, 0.3) is 0 Å². The van der Waals surface area contributed by atoms with Crippen LogP contribution in [0.25, 0.3) is 5.57 Å². The van der Waals surface area contributed by atoms with Crippen molar-refractivity contribution in [1.29, 1.82) is 0 Å². The van der Waals surface area contributed by atoms with E-state index in [9.17, 15) is 10.1 Å². The number of ether oxygens (including phenoxy) is 2. The molecule has 0 fully saturated rings. The van der Waals surface area contributed by atoms with Gasteiger partial charge in [-0.15, -0.1) is 0 Å². The zero-order chi connectivity index (χ0) is 23.6. The second kappa shape index (κ2) is 12.5. The molecule has 0 aliphatic carbocycles. The number of rotatable bonds is 12. The Bertz CT molecular complexity index is 948. The van der Waals surface area contributed by atoms with Gasteiger partial charge in [0.2, 0.25) is 11.6 Å². The highest BCUT2D eigenvalue weighted by Crippen LogP contribution is 2.34. The maximum Gasteiger partial charge on any atom is 0.353 e. The van der Waals surface area contributed by atoms with Crippen molar-refractivity contribution in [3.63, 3.8) is 0 Å². The van der Waals surface area contributed by atoms with Crippen molar-refractivity contribution in [3.05, 3.63) is 57.4 Å². The molecule has 3 rings (SSSR count). The maximum absolute atomic E-state index is 11.9. The lowest BCUT2D eigenvalue weighted by Gasteiger charge is -2.27. The summed E-state index contributed by atoms with van der Waals surface area (Å²) >= 11 is 5.98. The normalized spacial score (nSPS) is 13.8. The predicted octanol–water partition coefficient (Wildman–Crippen LogP) is 4.92. The number of hydrogen-bond donors (Lipinski definition) is 1. The van der Waals surface area contributed by atoms with Crippen molar-refractivity contribution in [3.8, 4) is 0 Å². The smallest absolute Gasteiger partial charge is 0.353 e. The average Bonchev–Trinajstić information content (AvgIpc) is 2.82. The molecule has 0 unspecified atom stereocenters. The Morgan fingerprint density at radius 3 is 2.55 bits per heavy atom. The summed E-state index contributed by atoms with van der Waals surface area (Å²) in [5.41, 5.74) is 2.19. The van der Waals surface area contributed by atoms with Gasteiger partial charge in [0.15, 0.2) is 6.29 Å². The standard InChI is InChI=1S/C23H30ClN5O4/c1-3-32-20(33-4-2)6-5-13-25-22-21(29(30)31)23(27-16-26-22)28-14-11-18(12-15-28)17-7-9-19(24)10-8-17/h7-11,16,20H,3-6,12-15H2,1-2H3,(H,25,26,27). The summed E-state index contributed by atoms with van der Waals surface area (Å²) in [4.78, 5) is 21.8. The van der Waals surface area contributed by atoms with Crippen LogP contribution in [0.1, 0.15) is 38.7 Å². The number of nitrogens with one attached hydrogen (secondary N) is 1. The van der Waals surface area contributed by atoms with Gasteiger partial charge in [0, 0.05) is 44.3 Å². The van der Waals surface area contributed by atoms with Crippen LogP contribution in [0.3, 0.4) is 0 Å². The lowest BCUT2D eigenvalue weighted by atomic mass is 9.99. The molecule has 178 valence electrons. The second-order valence-corrected chi connectivity index (χ2v) is 7.93. The van der Waals surface area contributed by atoms with Crippen LogP contribution in [0.2, 0.25) is 5.02 Å². The number of halogens is 1. The van der Waals surface area contributed by atoms with Gasteiger partial charge in [-0.25, -0.2) is 9.97 Å². The van der Waals surface area contributed by atoms with E-state index in [-0.39, 0.29) is 17.8 Å². The molecular weight excluding hydrogens is 446 g/mol. The van der Waals surface area contributed by atoms with Gasteiger partial charge in [-0.3, -0.25) is 10.1 Å². The van der Waals surface area contributed by atoms with E-state index >= 15 is 0 Å². The van der Waals surface area contributed by atoms with Gasteiger partial charge in [-0.1, -0.05) is 29.8 Å². The lowest BCUT2D eigenvalue weighted by molar-refractivity contribution is -0.383. The molecule has 1 aromatic carbocycles. The van der Waals surface area contributed by atoms with Crippen molar-refractivity contribution >= 4 is 34.5 Å². The third kappa shape index (κ3) is 6.86. The molecule has 1 aliphatic rings. The number of nitrogens with zero attached hydrogens (tertiary/aromatic N) is 4. The molecule has 1 N–H and O–H groups in total. The largest absolute Gasteiger partial charge is 0.364 e. The van der Waals surface area contributed by atoms with E-state index in [0.717, 1.165) is 18.4 Å². The molecule has 0 atom stereocenters. The van der Waals surface area contributed by atoms with E-state index in [2.05, 4.69) is 21.4 Å². The van der Waals surface area contributed by atoms with Gasteiger partial charge < -0.3 is 19.7 Å². The number of nitro groups is 1. The van der Waals surface area contributed by atoms with Gasteiger partial charge in [-0.2, -0.15) is 0 Å². The van der Waals surface area contributed by atoms with E-state index < -0.39 is 4.92 Å². The molecule has 2 heterocycles. The predicted molar refractivity (Wildman–Crippen MR) is 130 cm³/mol. The fourth-order valence-corrected chi connectivity index (χ4v) is 3.87. The highest BCUT2D eigenvalue weighted by molar-refractivity contribution is 6.30. The first kappa shape index (κ1) is 24.9. The number of aromatic nitrogens is 2. The fraction of sp³-hybridized carbons (Fsp3) is 0.478. The third-order valence-electron chi connectivity index (χ3n) is 5.32. The van der Waals surface area contributed by atoms with Crippen molar-refractivity contribution in [2.75, 3.05) is 43.1 Å². The average molecular weight is 476 g/mol. The Balaban J connectivity index is 1.67. The van der Waals surface area contributed by atoms with Crippen LogP contribution in [0.4, 0.5) is 17.3 Å². The van der Waals surface area contributed by atoms with Crippen LogP contribution in [-0.2, 0) is 9.47 Å². The molecule has 9 nitrogen and oxygen atoms in total. The Labute approximate surface area is 198 Å². The Hall–Kier alpha value is -2.75. The molecule has 10 heteroatoms. The van der Waals surface area contributed by atoms with Crippen LogP contribution in [0.5, 0.6) is 0 Å². The van der Waals surface area contributed by atoms with Crippen molar-refractivity contribution < 1.29 is 14.4 Å². The molecule has 33 heavy (non-hydrogen) atoms. The number of benzene rings is 1. The highest BCUT2D eigenvalue weighted by atomic mass is 35.5. The van der Waals surface area contributed by atoms with E-state index in [1.54, 1.807) is 0 Å². The maximum atomic E-state index is 11.9.